The zero-order valence-electron chi connectivity index (χ0n) is 10.2. The van der Waals surface area contributed by atoms with Crippen molar-refractivity contribution in [3.8, 4) is 0 Å². The van der Waals surface area contributed by atoms with Crippen molar-refractivity contribution in [3.63, 3.8) is 0 Å². The van der Waals surface area contributed by atoms with Crippen LogP contribution in [0, 0.1) is 11.8 Å². The highest BCUT2D eigenvalue weighted by Gasteiger charge is 2.85. The van der Waals surface area contributed by atoms with Crippen molar-refractivity contribution in [1.82, 2.24) is 0 Å². The van der Waals surface area contributed by atoms with Crippen LogP contribution >= 0.6 is 46.4 Å². The van der Waals surface area contributed by atoms with E-state index in [4.69, 9.17) is 55.9 Å². The van der Waals surface area contributed by atoms with Gasteiger partial charge in [0.2, 0.25) is 5.79 Å². The number of fused-ring (bicyclic) bond motifs is 5. The van der Waals surface area contributed by atoms with Crippen molar-refractivity contribution in [2.24, 2.45) is 11.8 Å². The molecule has 106 valence electrons. The Bertz CT molecular complexity index is 501. The van der Waals surface area contributed by atoms with Crippen LogP contribution in [0.5, 0.6) is 0 Å². The van der Waals surface area contributed by atoms with Gasteiger partial charge in [0.25, 0.3) is 0 Å². The van der Waals surface area contributed by atoms with Gasteiger partial charge in [-0.2, -0.15) is 0 Å². The van der Waals surface area contributed by atoms with Crippen LogP contribution < -0.4 is 0 Å². The molecule has 0 spiro atoms. The quantitative estimate of drug-likeness (QED) is 0.475. The van der Waals surface area contributed by atoms with Crippen LogP contribution in [0.4, 0.5) is 0 Å². The predicted octanol–water partition coefficient (Wildman–Crippen LogP) is 2.81. The van der Waals surface area contributed by atoms with Gasteiger partial charge in [-0.25, -0.2) is 0 Å². The van der Waals surface area contributed by atoms with E-state index in [9.17, 15) is 5.11 Å². The predicted molar refractivity (Wildman–Crippen MR) is 74.8 cm³/mol. The summed E-state index contributed by atoms with van der Waals surface area (Å²) in [6, 6.07) is 0. The number of methoxy groups -OCH3 is 2. The Morgan fingerprint density at radius 3 is 2.11 bits per heavy atom. The molecule has 19 heavy (non-hydrogen) atoms. The Kier molecular flexibility index (Phi) is 3.07. The van der Waals surface area contributed by atoms with Crippen molar-refractivity contribution >= 4 is 46.4 Å². The zero-order valence-corrected chi connectivity index (χ0v) is 13.2. The van der Waals surface area contributed by atoms with E-state index in [1.807, 2.05) is 0 Å². The molecular formula is C12H12Cl4O3. The maximum Gasteiger partial charge on any atom is 0.218 e. The standard InChI is InChI=1S/C12H12Cl4O3/c1-18-12(19-2)10(15)5-3-4-6(17)7(5)11(12,16)9(14)8(10)13/h3-7,17H,1-2H3/t5-,6+,7-,10-,11+/m1/s1. The number of rotatable bonds is 2. The number of halogens is 4. The SMILES string of the molecule is COC1(OC)[C@@]2(Cl)C(Cl)=C(Cl)[C@]1(Cl)[C@@H]1C=C[C@H](O)[C@@H]12. The maximum atomic E-state index is 10.2. The molecule has 0 aromatic heterocycles. The molecule has 0 unspecified atom stereocenters. The van der Waals surface area contributed by atoms with Crippen molar-refractivity contribution in [2.45, 2.75) is 21.6 Å². The van der Waals surface area contributed by atoms with Crippen LogP contribution in [0.15, 0.2) is 22.2 Å². The molecule has 2 bridgehead atoms. The lowest BCUT2D eigenvalue weighted by molar-refractivity contribution is -0.221. The molecule has 0 aromatic carbocycles. The summed E-state index contributed by atoms with van der Waals surface area (Å²) in [5.41, 5.74) is 0. The highest BCUT2D eigenvalue weighted by molar-refractivity contribution is 6.52. The van der Waals surface area contributed by atoms with Gasteiger partial charge in [0.15, 0.2) is 0 Å². The van der Waals surface area contributed by atoms with E-state index in [0.29, 0.717) is 0 Å². The van der Waals surface area contributed by atoms with Crippen molar-refractivity contribution < 1.29 is 14.6 Å². The monoisotopic (exact) mass is 344 g/mol. The first kappa shape index (κ1) is 14.5. The molecule has 1 saturated carbocycles. The molecule has 3 aliphatic rings. The first-order valence-electron chi connectivity index (χ1n) is 5.73. The van der Waals surface area contributed by atoms with E-state index in [-0.39, 0.29) is 16.0 Å². The Labute approximate surface area is 131 Å². The third-order valence-corrected chi connectivity index (χ3v) is 7.20. The summed E-state index contributed by atoms with van der Waals surface area (Å²) in [6.07, 6.45) is 2.68. The molecule has 1 N–H and O–H groups in total. The summed E-state index contributed by atoms with van der Waals surface area (Å²) in [7, 11) is 2.88. The summed E-state index contributed by atoms with van der Waals surface area (Å²) in [4.78, 5) is -2.56. The highest BCUT2D eigenvalue weighted by Crippen LogP contribution is 2.75. The Morgan fingerprint density at radius 2 is 1.58 bits per heavy atom. The van der Waals surface area contributed by atoms with Crippen LogP contribution in [0.3, 0.4) is 0 Å². The maximum absolute atomic E-state index is 10.2. The van der Waals surface area contributed by atoms with Crippen LogP contribution in [-0.2, 0) is 9.47 Å². The van der Waals surface area contributed by atoms with E-state index < -0.39 is 27.6 Å². The fourth-order valence-corrected chi connectivity index (χ4v) is 6.04. The van der Waals surface area contributed by atoms with Gasteiger partial charge in [-0.1, -0.05) is 35.4 Å². The van der Waals surface area contributed by atoms with Gasteiger partial charge in [-0.3, -0.25) is 0 Å². The Hall–Kier alpha value is 0.520. The number of hydrogen-bond donors (Lipinski definition) is 1. The number of hydrogen-bond acceptors (Lipinski definition) is 3. The lowest BCUT2D eigenvalue weighted by atomic mass is 9.83. The summed E-state index contributed by atoms with van der Waals surface area (Å²) >= 11 is 26.1. The number of allylic oxidation sites excluding steroid dienone is 1. The molecule has 3 nitrogen and oxygen atoms in total. The number of ether oxygens (including phenoxy) is 2. The summed E-state index contributed by atoms with van der Waals surface area (Å²) in [6.45, 7) is 0. The van der Waals surface area contributed by atoms with Crippen molar-refractivity contribution in [3.05, 3.63) is 22.2 Å². The lowest BCUT2D eigenvalue weighted by Crippen LogP contribution is -2.58. The van der Waals surface area contributed by atoms with Crippen LogP contribution in [0.2, 0.25) is 0 Å². The Morgan fingerprint density at radius 1 is 1.05 bits per heavy atom. The van der Waals surface area contributed by atoms with Gasteiger partial charge in [0.1, 0.15) is 9.75 Å². The van der Waals surface area contributed by atoms with Gasteiger partial charge in [-0.15, -0.1) is 23.2 Å². The fourth-order valence-electron chi connectivity index (χ4n) is 3.83. The molecule has 7 heteroatoms. The molecule has 0 amide bonds. The molecule has 0 aromatic rings. The van der Waals surface area contributed by atoms with Crippen LogP contribution in [0.1, 0.15) is 0 Å². The average Bonchev–Trinajstić information content (AvgIpc) is 2.90. The first-order valence-corrected chi connectivity index (χ1v) is 7.24. The van der Waals surface area contributed by atoms with E-state index in [1.54, 1.807) is 12.2 Å². The van der Waals surface area contributed by atoms with Crippen LogP contribution in [0.25, 0.3) is 0 Å². The van der Waals surface area contributed by atoms with E-state index in [2.05, 4.69) is 0 Å². The van der Waals surface area contributed by atoms with Gasteiger partial charge in [0, 0.05) is 26.1 Å². The number of aliphatic hydroxyl groups is 1. The molecule has 0 heterocycles. The van der Waals surface area contributed by atoms with Crippen molar-refractivity contribution in [2.75, 3.05) is 14.2 Å². The topological polar surface area (TPSA) is 38.7 Å². The second kappa shape index (κ2) is 4.04. The molecule has 0 aliphatic heterocycles. The third kappa shape index (κ3) is 1.18. The minimum absolute atomic E-state index is 0.179. The van der Waals surface area contributed by atoms with E-state index in [0.717, 1.165) is 0 Å². The number of aliphatic hydroxyl groups excluding tert-OH is 1. The molecule has 0 saturated heterocycles. The van der Waals surface area contributed by atoms with Gasteiger partial charge in [0.05, 0.1) is 16.2 Å². The summed E-state index contributed by atoms with van der Waals surface area (Å²) < 4.78 is 11.0. The smallest absolute Gasteiger partial charge is 0.218 e. The van der Waals surface area contributed by atoms with Gasteiger partial charge >= 0.3 is 0 Å². The van der Waals surface area contributed by atoms with E-state index >= 15 is 0 Å². The molecule has 5 atom stereocenters. The lowest BCUT2D eigenvalue weighted by Gasteiger charge is -2.41. The normalized spacial score (nSPS) is 50.2. The van der Waals surface area contributed by atoms with Crippen molar-refractivity contribution in [1.29, 1.82) is 0 Å². The second-order valence-corrected chi connectivity index (χ2v) is 6.95. The van der Waals surface area contributed by atoms with E-state index in [1.165, 1.54) is 14.2 Å². The Balaban J connectivity index is 2.32. The molecular weight excluding hydrogens is 334 g/mol. The minimum atomic E-state index is -1.42. The largest absolute Gasteiger partial charge is 0.389 e. The summed E-state index contributed by atoms with van der Waals surface area (Å²) in [5, 5.41) is 10.6. The molecule has 1 fully saturated rings. The van der Waals surface area contributed by atoms with Gasteiger partial charge in [-0.05, 0) is 0 Å². The second-order valence-electron chi connectivity index (χ2n) is 5.00. The molecule has 3 aliphatic carbocycles. The zero-order chi connectivity index (χ0) is 14.2. The average molecular weight is 346 g/mol. The van der Waals surface area contributed by atoms with Crippen LogP contribution in [-0.4, -0.2) is 41.0 Å². The van der Waals surface area contributed by atoms with Gasteiger partial charge < -0.3 is 14.6 Å². The minimum Gasteiger partial charge on any atom is -0.389 e. The third-order valence-electron chi connectivity index (χ3n) is 4.55. The highest BCUT2D eigenvalue weighted by atomic mass is 35.5. The number of alkyl halides is 2. The summed E-state index contributed by atoms with van der Waals surface area (Å²) in [5.74, 6) is -2.17. The molecule has 0 radical (unpaired) electrons. The molecule has 3 rings (SSSR count). The fraction of sp³-hybridized carbons (Fsp3) is 0.667. The first-order chi connectivity index (χ1) is 8.82.